The molecule has 0 saturated heterocycles. The molecule has 17 heavy (non-hydrogen) atoms. The second-order valence-corrected chi connectivity index (χ2v) is 4.56. The van der Waals surface area contributed by atoms with E-state index in [9.17, 15) is 4.79 Å². The zero-order valence-corrected chi connectivity index (χ0v) is 11.7. The molecule has 0 radical (unpaired) electrons. The number of carbonyl (C=O) groups is 1. The lowest BCUT2D eigenvalue weighted by Crippen LogP contribution is -2.40. The van der Waals surface area contributed by atoms with Gasteiger partial charge >= 0.3 is 0 Å². The summed E-state index contributed by atoms with van der Waals surface area (Å²) < 4.78 is 0. The van der Waals surface area contributed by atoms with Gasteiger partial charge in [-0.05, 0) is 32.4 Å². The Morgan fingerprint density at radius 3 is 1.94 bits per heavy atom. The van der Waals surface area contributed by atoms with Crippen molar-refractivity contribution in [1.29, 1.82) is 0 Å². The number of nitrogens with zero attached hydrogens (tertiary/aromatic N) is 1. The van der Waals surface area contributed by atoms with Gasteiger partial charge in [0.15, 0.2) is 0 Å². The van der Waals surface area contributed by atoms with Crippen LogP contribution in [0.25, 0.3) is 0 Å². The first kappa shape index (κ1) is 16.2. The standard InChI is InChI=1S/C14H28N2O/c1-5-8-10-16(11-9-6-2)13(7-3)12(4)14(15)17/h13H,4-11H2,1-3H3,(H2,15,17). The van der Waals surface area contributed by atoms with Gasteiger partial charge in [-0.1, -0.05) is 40.2 Å². The summed E-state index contributed by atoms with van der Waals surface area (Å²) in [6, 6.07) is 0.116. The highest BCUT2D eigenvalue weighted by Gasteiger charge is 2.21. The quantitative estimate of drug-likeness (QED) is 0.597. The van der Waals surface area contributed by atoms with Crippen molar-refractivity contribution in [3.63, 3.8) is 0 Å². The smallest absolute Gasteiger partial charge is 0.245 e. The van der Waals surface area contributed by atoms with Gasteiger partial charge in [0.05, 0.1) is 0 Å². The average molecular weight is 240 g/mol. The van der Waals surface area contributed by atoms with Gasteiger partial charge in [0, 0.05) is 11.6 Å². The molecule has 1 amide bonds. The largest absolute Gasteiger partial charge is 0.366 e. The minimum Gasteiger partial charge on any atom is -0.366 e. The first-order valence-corrected chi connectivity index (χ1v) is 6.81. The molecule has 0 aromatic carbocycles. The molecule has 0 aliphatic rings. The predicted octanol–water partition coefficient (Wildman–Crippen LogP) is 2.71. The summed E-state index contributed by atoms with van der Waals surface area (Å²) in [5.74, 6) is -0.366. The Bertz CT molecular complexity index is 230. The maximum Gasteiger partial charge on any atom is 0.245 e. The molecule has 2 N–H and O–H groups in total. The topological polar surface area (TPSA) is 46.3 Å². The van der Waals surface area contributed by atoms with Gasteiger partial charge < -0.3 is 5.73 Å². The summed E-state index contributed by atoms with van der Waals surface area (Å²) in [5, 5.41) is 0. The van der Waals surface area contributed by atoms with E-state index in [0.717, 1.165) is 32.4 Å². The van der Waals surface area contributed by atoms with Crippen LogP contribution in [0.4, 0.5) is 0 Å². The Morgan fingerprint density at radius 2 is 1.65 bits per heavy atom. The molecule has 0 bridgehead atoms. The van der Waals surface area contributed by atoms with E-state index in [2.05, 4.69) is 32.3 Å². The molecule has 0 aliphatic carbocycles. The normalized spacial score (nSPS) is 12.7. The van der Waals surface area contributed by atoms with Crippen LogP contribution in [0.2, 0.25) is 0 Å². The summed E-state index contributed by atoms with van der Waals surface area (Å²) in [4.78, 5) is 13.6. The van der Waals surface area contributed by atoms with Gasteiger partial charge in [0.1, 0.15) is 0 Å². The van der Waals surface area contributed by atoms with Crippen LogP contribution in [0.3, 0.4) is 0 Å². The fraction of sp³-hybridized carbons (Fsp3) is 0.786. The molecular formula is C14H28N2O. The monoisotopic (exact) mass is 240 g/mol. The number of amides is 1. The van der Waals surface area contributed by atoms with Crippen molar-refractivity contribution in [3.8, 4) is 0 Å². The summed E-state index contributed by atoms with van der Waals surface area (Å²) in [6.07, 6.45) is 5.55. The van der Waals surface area contributed by atoms with E-state index in [1.165, 1.54) is 12.8 Å². The predicted molar refractivity (Wildman–Crippen MR) is 73.8 cm³/mol. The van der Waals surface area contributed by atoms with Crippen LogP contribution in [0, 0.1) is 0 Å². The molecular weight excluding hydrogens is 212 g/mol. The molecule has 0 saturated carbocycles. The average Bonchev–Trinajstić information content (AvgIpc) is 2.32. The molecule has 1 atom stereocenters. The van der Waals surface area contributed by atoms with E-state index in [4.69, 9.17) is 5.73 Å². The number of primary amides is 1. The summed E-state index contributed by atoms with van der Waals surface area (Å²) >= 11 is 0. The zero-order valence-electron chi connectivity index (χ0n) is 11.7. The molecule has 0 aliphatic heterocycles. The van der Waals surface area contributed by atoms with Gasteiger partial charge in [0.25, 0.3) is 0 Å². The fourth-order valence-corrected chi connectivity index (χ4v) is 2.04. The Hall–Kier alpha value is -0.830. The van der Waals surface area contributed by atoms with Gasteiger partial charge in [0.2, 0.25) is 5.91 Å². The molecule has 0 heterocycles. The third-order valence-electron chi connectivity index (χ3n) is 3.14. The number of carbonyl (C=O) groups excluding carboxylic acids is 1. The first-order chi connectivity index (χ1) is 8.08. The van der Waals surface area contributed by atoms with Gasteiger partial charge in [-0.2, -0.15) is 0 Å². The van der Waals surface area contributed by atoms with Gasteiger partial charge in [-0.15, -0.1) is 0 Å². The van der Waals surface area contributed by atoms with Crippen LogP contribution in [0.15, 0.2) is 12.2 Å². The van der Waals surface area contributed by atoms with Crippen LogP contribution >= 0.6 is 0 Å². The van der Waals surface area contributed by atoms with Crippen molar-refractivity contribution >= 4 is 5.91 Å². The summed E-state index contributed by atoms with van der Waals surface area (Å²) in [7, 11) is 0. The Kier molecular flexibility index (Phi) is 8.78. The van der Waals surface area contributed by atoms with Crippen LogP contribution in [-0.4, -0.2) is 29.9 Å². The molecule has 3 nitrogen and oxygen atoms in total. The third-order valence-corrected chi connectivity index (χ3v) is 3.14. The molecule has 3 heteroatoms. The van der Waals surface area contributed by atoms with E-state index in [1.807, 2.05) is 0 Å². The molecule has 0 aromatic heterocycles. The van der Waals surface area contributed by atoms with E-state index >= 15 is 0 Å². The van der Waals surface area contributed by atoms with Gasteiger partial charge in [-0.3, -0.25) is 9.69 Å². The number of rotatable bonds is 10. The minimum atomic E-state index is -0.366. The number of nitrogens with two attached hydrogens (primary N) is 1. The minimum absolute atomic E-state index is 0.116. The van der Waals surface area contributed by atoms with Crippen molar-refractivity contribution in [2.24, 2.45) is 5.73 Å². The SMILES string of the molecule is C=C(C(N)=O)C(CC)N(CCCC)CCCC. The van der Waals surface area contributed by atoms with Crippen molar-refractivity contribution in [2.45, 2.75) is 58.9 Å². The fourth-order valence-electron chi connectivity index (χ4n) is 2.04. The highest BCUT2D eigenvalue weighted by molar-refractivity contribution is 5.92. The molecule has 0 fully saturated rings. The maximum absolute atomic E-state index is 11.2. The van der Waals surface area contributed by atoms with E-state index in [-0.39, 0.29) is 11.9 Å². The van der Waals surface area contributed by atoms with Crippen LogP contribution < -0.4 is 5.73 Å². The van der Waals surface area contributed by atoms with Crippen molar-refractivity contribution in [3.05, 3.63) is 12.2 Å². The van der Waals surface area contributed by atoms with Crippen molar-refractivity contribution in [2.75, 3.05) is 13.1 Å². The first-order valence-electron chi connectivity index (χ1n) is 6.81. The van der Waals surface area contributed by atoms with Crippen LogP contribution in [0.1, 0.15) is 52.9 Å². The molecule has 0 spiro atoms. The second-order valence-electron chi connectivity index (χ2n) is 4.56. The van der Waals surface area contributed by atoms with Crippen molar-refractivity contribution in [1.82, 2.24) is 4.90 Å². The van der Waals surface area contributed by atoms with Crippen molar-refractivity contribution < 1.29 is 4.79 Å². The Balaban J connectivity index is 4.57. The second kappa shape index (κ2) is 9.23. The lowest BCUT2D eigenvalue weighted by atomic mass is 10.0. The van der Waals surface area contributed by atoms with E-state index in [1.54, 1.807) is 0 Å². The van der Waals surface area contributed by atoms with Crippen LogP contribution in [-0.2, 0) is 4.79 Å². The number of hydrogen-bond acceptors (Lipinski definition) is 2. The lowest BCUT2D eigenvalue weighted by molar-refractivity contribution is -0.115. The molecule has 0 rings (SSSR count). The number of unbranched alkanes of at least 4 members (excludes halogenated alkanes) is 2. The Labute approximate surface area is 106 Å². The van der Waals surface area contributed by atoms with Crippen LogP contribution in [0.5, 0.6) is 0 Å². The highest BCUT2D eigenvalue weighted by Crippen LogP contribution is 2.15. The molecule has 0 aromatic rings. The van der Waals surface area contributed by atoms with E-state index in [0.29, 0.717) is 5.57 Å². The van der Waals surface area contributed by atoms with Gasteiger partial charge in [-0.25, -0.2) is 0 Å². The lowest BCUT2D eigenvalue weighted by Gasteiger charge is -2.31. The third kappa shape index (κ3) is 5.87. The molecule has 1 unspecified atom stereocenters. The zero-order chi connectivity index (χ0) is 13.3. The Morgan fingerprint density at radius 1 is 1.18 bits per heavy atom. The van der Waals surface area contributed by atoms with E-state index < -0.39 is 0 Å². The molecule has 100 valence electrons. The summed E-state index contributed by atoms with van der Waals surface area (Å²) in [5.41, 5.74) is 5.90. The number of hydrogen-bond donors (Lipinski definition) is 1. The highest BCUT2D eigenvalue weighted by atomic mass is 16.1. The maximum atomic E-state index is 11.2. The summed E-state index contributed by atoms with van der Waals surface area (Å²) in [6.45, 7) is 12.4.